The van der Waals surface area contributed by atoms with E-state index in [1.165, 1.54) is 12.1 Å². The number of carbonyl (C=O) groups is 1. The van der Waals surface area contributed by atoms with Gasteiger partial charge >= 0.3 is 0 Å². The molecule has 4 nitrogen and oxygen atoms in total. The van der Waals surface area contributed by atoms with Gasteiger partial charge in [-0.15, -0.1) is 11.8 Å². The van der Waals surface area contributed by atoms with Gasteiger partial charge in [0.15, 0.2) is 0 Å². The van der Waals surface area contributed by atoms with Crippen LogP contribution in [-0.4, -0.2) is 28.2 Å². The molecule has 0 aliphatic heterocycles. The first-order valence-electron chi connectivity index (χ1n) is 8.80. The third-order valence-electron chi connectivity index (χ3n) is 4.17. The molecule has 2 N–H and O–H groups in total. The third kappa shape index (κ3) is 5.20. The van der Waals surface area contributed by atoms with Crippen LogP contribution >= 0.6 is 11.8 Å². The number of fused-ring (bicyclic) bond motifs is 1. The van der Waals surface area contributed by atoms with Gasteiger partial charge in [0.25, 0.3) is 0 Å². The van der Waals surface area contributed by atoms with Gasteiger partial charge in [-0.2, -0.15) is 0 Å². The SMILES string of the molecule is CSc1ccc(F)cc1/C=C/C(C)NC(=O)CCc1nc2ccccc2[nH]1. The average Bonchev–Trinajstić information content (AvgIpc) is 3.08. The molecular formula is C21H22FN3OS. The minimum atomic E-state index is -0.269. The monoisotopic (exact) mass is 383 g/mol. The van der Waals surface area contributed by atoms with Gasteiger partial charge in [0, 0.05) is 23.8 Å². The van der Waals surface area contributed by atoms with Crippen LogP contribution in [0, 0.1) is 5.82 Å². The average molecular weight is 383 g/mol. The molecule has 0 saturated heterocycles. The molecule has 1 heterocycles. The van der Waals surface area contributed by atoms with Crippen molar-refractivity contribution in [1.82, 2.24) is 15.3 Å². The predicted octanol–water partition coefficient (Wildman–Crippen LogP) is 4.57. The van der Waals surface area contributed by atoms with E-state index >= 15 is 0 Å². The molecule has 0 radical (unpaired) electrons. The second kappa shape index (κ2) is 8.86. The molecule has 1 aromatic heterocycles. The maximum Gasteiger partial charge on any atom is 0.220 e. The van der Waals surface area contributed by atoms with Crippen molar-refractivity contribution in [2.24, 2.45) is 0 Å². The van der Waals surface area contributed by atoms with E-state index in [1.807, 2.05) is 49.6 Å². The molecule has 1 amide bonds. The van der Waals surface area contributed by atoms with Crippen LogP contribution in [0.3, 0.4) is 0 Å². The Bertz CT molecular complexity index is 934. The lowest BCUT2D eigenvalue weighted by molar-refractivity contribution is -0.121. The fourth-order valence-electron chi connectivity index (χ4n) is 2.81. The van der Waals surface area contributed by atoms with Gasteiger partial charge in [0.2, 0.25) is 5.91 Å². The summed E-state index contributed by atoms with van der Waals surface area (Å²) in [5.41, 5.74) is 2.69. The van der Waals surface area contributed by atoms with E-state index in [1.54, 1.807) is 17.8 Å². The van der Waals surface area contributed by atoms with Crippen LogP contribution in [0.5, 0.6) is 0 Å². The van der Waals surface area contributed by atoms with E-state index in [0.29, 0.717) is 12.8 Å². The van der Waals surface area contributed by atoms with Gasteiger partial charge in [0.05, 0.1) is 11.0 Å². The minimum absolute atomic E-state index is 0.0445. The van der Waals surface area contributed by atoms with Crippen molar-refractivity contribution in [2.45, 2.75) is 30.7 Å². The van der Waals surface area contributed by atoms with Crippen molar-refractivity contribution in [3.8, 4) is 0 Å². The lowest BCUT2D eigenvalue weighted by Crippen LogP contribution is -2.31. The summed E-state index contributed by atoms with van der Waals surface area (Å²) in [6.45, 7) is 1.90. The van der Waals surface area contributed by atoms with Crippen LogP contribution in [0.25, 0.3) is 17.1 Å². The number of nitrogens with zero attached hydrogens (tertiary/aromatic N) is 1. The predicted molar refractivity (Wildman–Crippen MR) is 109 cm³/mol. The number of thioether (sulfide) groups is 1. The maximum absolute atomic E-state index is 13.4. The van der Waals surface area contributed by atoms with Gasteiger partial charge in [-0.05, 0) is 49.1 Å². The number of para-hydroxylation sites is 2. The number of aromatic amines is 1. The first kappa shape index (κ1) is 19.2. The second-order valence-electron chi connectivity index (χ2n) is 6.30. The number of H-pyrrole nitrogens is 1. The number of nitrogens with one attached hydrogen (secondary N) is 2. The molecule has 1 unspecified atom stereocenters. The highest BCUT2D eigenvalue weighted by Crippen LogP contribution is 2.22. The van der Waals surface area contributed by atoms with Crippen molar-refractivity contribution in [3.05, 3.63) is 65.7 Å². The number of aryl methyl sites for hydroxylation is 1. The summed E-state index contributed by atoms with van der Waals surface area (Å²) >= 11 is 1.56. The highest BCUT2D eigenvalue weighted by molar-refractivity contribution is 7.98. The number of carbonyl (C=O) groups excluding carboxylic acids is 1. The fourth-order valence-corrected chi connectivity index (χ4v) is 3.38. The number of hydrogen-bond acceptors (Lipinski definition) is 3. The largest absolute Gasteiger partial charge is 0.350 e. The van der Waals surface area contributed by atoms with Crippen LogP contribution in [-0.2, 0) is 11.2 Å². The van der Waals surface area contributed by atoms with Crippen LogP contribution < -0.4 is 5.32 Å². The van der Waals surface area contributed by atoms with E-state index in [9.17, 15) is 9.18 Å². The molecule has 0 fully saturated rings. The Morgan fingerprint density at radius 3 is 2.93 bits per heavy atom. The highest BCUT2D eigenvalue weighted by atomic mass is 32.2. The van der Waals surface area contributed by atoms with Crippen LogP contribution in [0.2, 0.25) is 0 Å². The molecule has 3 aromatic rings. The molecular weight excluding hydrogens is 361 g/mol. The smallest absolute Gasteiger partial charge is 0.220 e. The zero-order chi connectivity index (χ0) is 19.2. The van der Waals surface area contributed by atoms with Gasteiger partial charge < -0.3 is 10.3 Å². The summed E-state index contributed by atoms with van der Waals surface area (Å²) in [5, 5.41) is 2.94. The summed E-state index contributed by atoms with van der Waals surface area (Å²) in [6.07, 6.45) is 6.58. The topological polar surface area (TPSA) is 57.8 Å². The number of rotatable bonds is 7. The van der Waals surface area contributed by atoms with Crippen LogP contribution in [0.1, 0.15) is 24.7 Å². The standard InChI is InChI=1S/C21H22FN3OS/c1-14(7-8-15-13-16(22)9-10-19(15)27-2)23-21(26)12-11-20-24-17-5-3-4-6-18(17)25-20/h3-10,13-14H,11-12H2,1-2H3,(H,23,26)(H,24,25)/b8-7+. The molecule has 0 saturated carbocycles. The van der Waals surface area contributed by atoms with Crippen molar-refractivity contribution < 1.29 is 9.18 Å². The number of benzene rings is 2. The quantitative estimate of drug-likeness (QED) is 0.588. The normalized spacial score (nSPS) is 12.6. The van der Waals surface area contributed by atoms with Gasteiger partial charge in [0.1, 0.15) is 11.6 Å². The molecule has 0 spiro atoms. The molecule has 0 aliphatic carbocycles. The Morgan fingerprint density at radius 2 is 2.15 bits per heavy atom. The molecule has 6 heteroatoms. The van der Waals surface area contributed by atoms with E-state index in [2.05, 4.69) is 15.3 Å². The van der Waals surface area contributed by atoms with Crippen LogP contribution in [0.15, 0.2) is 53.4 Å². The van der Waals surface area contributed by atoms with Crippen molar-refractivity contribution >= 4 is 34.8 Å². The molecule has 0 aliphatic rings. The first-order chi connectivity index (χ1) is 13.0. The Hall–Kier alpha value is -2.60. The molecule has 0 bridgehead atoms. The molecule has 3 rings (SSSR count). The lowest BCUT2D eigenvalue weighted by Gasteiger charge is -2.10. The molecule has 2 aromatic carbocycles. The number of imidazole rings is 1. The summed E-state index contributed by atoms with van der Waals surface area (Å²) in [4.78, 5) is 20.9. The summed E-state index contributed by atoms with van der Waals surface area (Å²) in [6, 6.07) is 12.4. The third-order valence-corrected chi connectivity index (χ3v) is 4.98. The van der Waals surface area contributed by atoms with Gasteiger partial charge in [-0.25, -0.2) is 9.37 Å². The number of aromatic nitrogens is 2. The number of hydrogen-bond donors (Lipinski definition) is 2. The fraction of sp³-hybridized carbons (Fsp3) is 0.238. The maximum atomic E-state index is 13.4. The van der Waals surface area contributed by atoms with Crippen molar-refractivity contribution in [1.29, 1.82) is 0 Å². The number of halogens is 1. The minimum Gasteiger partial charge on any atom is -0.350 e. The van der Waals surface area contributed by atoms with E-state index in [0.717, 1.165) is 27.3 Å². The van der Waals surface area contributed by atoms with Gasteiger partial charge in [-0.3, -0.25) is 4.79 Å². The Kier molecular flexibility index (Phi) is 6.29. The summed E-state index contributed by atoms with van der Waals surface area (Å²) in [5.74, 6) is 0.492. The Balaban J connectivity index is 1.53. The van der Waals surface area contributed by atoms with Crippen LogP contribution in [0.4, 0.5) is 4.39 Å². The molecule has 27 heavy (non-hydrogen) atoms. The molecule has 1 atom stereocenters. The van der Waals surface area contributed by atoms with Crippen molar-refractivity contribution in [3.63, 3.8) is 0 Å². The van der Waals surface area contributed by atoms with Gasteiger partial charge in [-0.1, -0.05) is 24.3 Å². The lowest BCUT2D eigenvalue weighted by atomic mass is 10.1. The zero-order valence-electron chi connectivity index (χ0n) is 15.3. The first-order valence-corrected chi connectivity index (χ1v) is 10.0. The van der Waals surface area contributed by atoms with Crippen molar-refractivity contribution in [2.75, 3.05) is 6.26 Å². The highest BCUT2D eigenvalue weighted by Gasteiger charge is 2.08. The number of amides is 1. The molecule has 140 valence electrons. The van der Waals surface area contributed by atoms with E-state index < -0.39 is 0 Å². The summed E-state index contributed by atoms with van der Waals surface area (Å²) < 4.78 is 13.4. The zero-order valence-corrected chi connectivity index (χ0v) is 16.1. The second-order valence-corrected chi connectivity index (χ2v) is 7.15. The Morgan fingerprint density at radius 1 is 1.33 bits per heavy atom. The van der Waals surface area contributed by atoms with E-state index in [4.69, 9.17) is 0 Å². The Labute approximate surface area is 162 Å². The van der Waals surface area contributed by atoms with E-state index in [-0.39, 0.29) is 17.8 Å². The summed E-state index contributed by atoms with van der Waals surface area (Å²) in [7, 11) is 0.